The summed E-state index contributed by atoms with van der Waals surface area (Å²) in [7, 11) is -0.159. The van der Waals surface area contributed by atoms with Gasteiger partial charge in [-0.1, -0.05) is 15.9 Å². The van der Waals surface area contributed by atoms with Crippen LogP contribution in [-0.4, -0.2) is 37.1 Å². The van der Waals surface area contributed by atoms with Gasteiger partial charge in [-0.05, 0) is 18.6 Å². The van der Waals surface area contributed by atoms with Gasteiger partial charge in [0.1, 0.15) is 4.90 Å². The molecule has 0 aromatic heterocycles. The Kier molecular flexibility index (Phi) is 6.76. The maximum Gasteiger partial charge on any atom is 0.264 e. The fourth-order valence-corrected chi connectivity index (χ4v) is 3.57. The highest BCUT2D eigenvalue weighted by atomic mass is 79.9. The molecule has 0 fully saturated rings. The topological polar surface area (TPSA) is 80.3 Å². The van der Waals surface area contributed by atoms with Crippen LogP contribution in [0.25, 0.3) is 0 Å². The normalized spacial score (nSPS) is 13.0. The molecule has 1 rings (SSSR count). The molecule has 1 aromatic rings. The van der Waals surface area contributed by atoms with Gasteiger partial charge in [0.25, 0.3) is 15.0 Å². The van der Waals surface area contributed by atoms with Gasteiger partial charge in [0.05, 0.1) is 5.56 Å². The minimum atomic E-state index is -4.30. The summed E-state index contributed by atoms with van der Waals surface area (Å²) < 4.78 is 47.6. The molecule has 0 aliphatic heterocycles. The molecule has 21 heavy (non-hydrogen) atoms. The molecule has 118 valence electrons. The first-order valence-corrected chi connectivity index (χ1v) is 10.5. The molecular weight excluding hydrogens is 409 g/mol. The third-order valence-electron chi connectivity index (χ3n) is 2.41. The maximum atomic E-state index is 14.0. The van der Waals surface area contributed by atoms with Crippen molar-refractivity contribution in [3.63, 3.8) is 0 Å². The van der Waals surface area contributed by atoms with E-state index in [0.29, 0.717) is 12.2 Å². The third kappa shape index (κ3) is 5.65. The van der Waals surface area contributed by atoms with E-state index in [9.17, 15) is 21.8 Å². The molecule has 1 atom stereocenters. The van der Waals surface area contributed by atoms with Gasteiger partial charge < -0.3 is 5.32 Å². The molecule has 1 unspecified atom stereocenters. The Morgan fingerprint density at radius 1 is 1.48 bits per heavy atom. The summed E-state index contributed by atoms with van der Waals surface area (Å²) >= 11 is 3.00. The van der Waals surface area contributed by atoms with E-state index in [0.717, 1.165) is 12.1 Å². The zero-order valence-corrected chi connectivity index (χ0v) is 14.8. The summed E-state index contributed by atoms with van der Waals surface area (Å²) in [5, 5.41) is 2.43. The highest BCUT2D eigenvalue weighted by molar-refractivity contribution is 9.10. The van der Waals surface area contributed by atoms with E-state index in [1.165, 1.54) is 6.26 Å². The molecule has 0 aliphatic carbocycles. The van der Waals surface area contributed by atoms with Crippen molar-refractivity contribution >= 4 is 52.4 Å². The van der Waals surface area contributed by atoms with Crippen molar-refractivity contribution in [2.24, 2.45) is 0 Å². The number of rotatable bonds is 6. The van der Waals surface area contributed by atoms with Crippen molar-refractivity contribution in [2.45, 2.75) is 11.3 Å². The summed E-state index contributed by atoms with van der Waals surface area (Å²) in [6, 6.07) is 2.14. The minimum absolute atomic E-state index is 0.202. The van der Waals surface area contributed by atoms with Gasteiger partial charge in [-0.25, -0.2) is 12.8 Å². The minimum Gasteiger partial charge on any atom is -0.352 e. The Balaban J connectivity index is 2.95. The summed E-state index contributed by atoms with van der Waals surface area (Å²) in [4.78, 5) is 11.1. The number of carbonyl (C=O) groups excluding carboxylic acids is 1. The van der Waals surface area contributed by atoms with Gasteiger partial charge in [0.15, 0.2) is 5.82 Å². The molecule has 0 saturated heterocycles. The van der Waals surface area contributed by atoms with Crippen LogP contribution in [-0.2, 0) is 19.9 Å². The summed E-state index contributed by atoms with van der Waals surface area (Å²) in [6.07, 6.45) is 2.00. The number of amides is 1. The summed E-state index contributed by atoms with van der Waals surface area (Å²) in [5.74, 6) is -1.57. The van der Waals surface area contributed by atoms with Gasteiger partial charge in [-0.15, -0.1) is 0 Å². The fourth-order valence-electron chi connectivity index (χ4n) is 1.48. The van der Waals surface area contributed by atoms with Crippen LogP contribution in [0.15, 0.2) is 21.5 Å². The van der Waals surface area contributed by atoms with Crippen molar-refractivity contribution in [2.75, 3.05) is 18.6 Å². The SMILES string of the molecule is CS(=O)CCCNC(=O)c1cc(Br)cc(S(=O)(=O)Cl)c1F. The van der Waals surface area contributed by atoms with E-state index in [-0.39, 0.29) is 11.0 Å². The van der Waals surface area contributed by atoms with Crippen molar-refractivity contribution in [3.05, 3.63) is 28.0 Å². The van der Waals surface area contributed by atoms with Gasteiger partial charge >= 0.3 is 0 Å². The molecule has 1 amide bonds. The Morgan fingerprint density at radius 3 is 2.62 bits per heavy atom. The highest BCUT2D eigenvalue weighted by Gasteiger charge is 2.23. The molecule has 0 saturated carbocycles. The lowest BCUT2D eigenvalue weighted by Gasteiger charge is -2.08. The van der Waals surface area contributed by atoms with Crippen molar-refractivity contribution in [3.8, 4) is 0 Å². The zero-order chi connectivity index (χ0) is 16.2. The fraction of sp³-hybridized carbons (Fsp3) is 0.364. The predicted molar refractivity (Wildman–Crippen MR) is 83.0 cm³/mol. The molecular formula is C11H12BrClFNO4S2. The smallest absolute Gasteiger partial charge is 0.264 e. The molecule has 0 radical (unpaired) electrons. The zero-order valence-electron chi connectivity index (χ0n) is 10.9. The maximum absolute atomic E-state index is 14.0. The Hall–Kier alpha value is -0.510. The van der Waals surface area contributed by atoms with Crippen LogP contribution in [0.5, 0.6) is 0 Å². The molecule has 0 heterocycles. The second kappa shape index (κ2) is 7.66. The Morgan fingerprint density at radius 2 is 2.10 bits per heavy atom. The molecule has 0 bridgehead atoms. The van der Waals surface area contributed by atoms with Crippen molar-refractivity contribution in [1.82, 2.24) is 5.32 Å². The van der Waals surface area contributed by atoms with Crippen LogP contribution in [0.4, 0.5) is 4.39 Å². The van der Waals surface area contributed by atoms with Crippen molar-refractivity contribution < 1.29 is 21.8 Å². The quantitative estimate of drug-likeness (QED) is 0.564. The van der Waals surface area contributed by atoms with E-state index < -0.39 is 42.0 Å². The lowest BCUT2D eigenvalue weighted by atomic mass is 10.2. The predicted octanol–water partition coefficient (Wildman–Crippen LogP) is 2.01. The average Bonchev–Trinajstić information content (AvgIpc) is 2.35. The molecule has 5 nitrogen and oxygen atoms in total. The number of halogens is 3. The van der Waals surface area contributed by atoms with Crippen LogP contribution in [0.1, 0.15) is 16.8 Å². The van der Waals surface area contributed by atoms with Crippen LogP contribution in [0, 0.1) is 5.82 Å². The van der Waals surface area contributed by atoms with E-state index in [1.807, 2.05) is 0 Å². The number of hydrogen-bond acceptors (Lipinski definition) is 4. The number of benzene rings is 1. The van der Waals surface area contributed by atoms with E-state index in [1.54, 1.807) is 0 Å². The Bertz CT molecular complexity index is 681. The monoisotopic (exact) mass is 419 g/mol. The summed E-state index contributed by atoms with van der Waals surface area (Å²) in [5.41, 5.74) is -0.429. The van der Waals surface area contributed by atoms with E-state index in [4.69, 9.17) is 10.7 Å². The van der Waals surface area contributed by atoms with Crippen LogP contribution < -0.4 is 5.32 Å². The van der Waals surface area contributed by atoms with Gasteiger partial charge in [0.2, 0.25) is 0 Å². The standard InChI is InChI=1S/C11H12BrClFNO4S2/c1-20(17)4-2-3-15-11(16)8-5-7(12)6-9(10(8)14)21(13,18)19/h5-6H,2-4H2,1H3,(H,15,16). The molecule has 1 N–H and O–H groups in total. The number of nitrogens with one attached hydrogen (secondary N) is 1. The van der Waals surface area contributed by atoms with Crippen molar-refractivity contribution in [1.29, 1.82) is 0 Å². The highest BCUT2D eigenvalue weighted by Crippen LogP contribution is 2.26. The Labute approximate surface area is 137 Å². The van der Waals surface area contributed by atoms with Crippen LogP contribution >= 0.6 is 26.6 Å². The average molecular weight is 421 g/mol. The second-order valence-corrected chi connectivity index (χ2v) is 9.09. The van der Waals surface area contributed by atoms with E-state index >= 15 is 0 Å². The molecule has 0 aliphatic rings. The van der Waals surface area contributed by atoms with Crippen LogP contribution in [0.2, 0.25) is 0 Å². The molecule has 10 heteroatoms. The first-order valence-electron chi connectivity index (χ1n) is 5.65. The van der Waals surface area contributed by atoms with Gasteiger partial charge in [0, 0.05) is 44.5 Å². The van der Waals surface area contributed by atoms with Crippen LogP contribution in [0.3, 0.4) is 0 Å². The summed E-state index contributed by atoms with van der Waals surface area (Å²) in [6.45, 7) is 0.202. The number of carbonyl (C=O) groups is 1. The largest absolute Gasteiger partial charge is 0.352 e. The van der Waals surface area contributed by atoms with Gasteiger partial charge in [-0.2, -0.15) is 0 Å². The lowest BCUT2D eigenvalue weighted by Crippen LogP contribution is -2.26. The second-order valence-electron chi connectivity index (χ2n) is 4.09. The van der Waals surface area contributed by atoms with E-state index in [2.05, 4.69) is 21.2 Å². The molecule has 0 spiro atoms. The lowest BCUT2D eigenvalue weighted by molar-refractivity contribution is 0.0949. The first kappa shape index (κ1) is 18.5. The molecule has 1 aromatic carbocycles. The number of hydrogen-bond donors (Lipinski definition) is 1. The first-order chi connectivity index (χ1) is 9.62. The third-order valence-corrected chi connectivity index (χ3v) is 5.05. The van der Waals surface area contributed by atoms with Gasteiger partial charge in [-0.3, -0.25) is 9.00 Å².